The van der Waals surface area contributed by atoms with Crippen LogP contribution in [0.2, 0.25) is 0 Å². The summed E-state index contributed by atoms with van der Waals surface area (Å²) in [4.78, 5) is 1.06. The van der Waals surface area contributed by atoms with Crippen molar-refractivity contribution in [3.05, 3.63) is 59.2 Å². The smallest absolute Gasteiger partial charge is 0.406 e. The molecule has 0 bridgehead atoms. The van der Waals surface area contributed by atoms with Gasteiger partial charge in [-0.15, -0.1) is 23.4 Å². The number of alkyl halides is 6. The number of tetrazole rings is 1. The minimum Gasteiger partial charge on any atom is -0.406 e. The number of ether oxygens (including phenoxy) is 1. The normalized spacial score (nSPS) is 12.2. The maximum absolute atomic E-state index is 12.7. The van der Waals surface area contributed by atoms with Gasteiger partial charge in [-0.2, -0.15) is 18.0 Å². The van der Waals surface area contributed by atoms with Crippen molar-refractivity contribution < 1.29 is 36.2 Å². The van der Waals surface area contributed by atoms with Gasteiger partial charge in [0.2, 0.25) is 5.82 Å². The van der Waals surface area contributed by atoms with Crippen molar-refractivity contribution in [1.29, 1.82) is 0 Å². The molecule has 0 radical (unpaired) electrons. The van der Waals surface area contributed by atoms with E-state index in [-0.39, 0.29) is 31.0 Å². The minimum atomic E-state index is -4.91. The molecule has 0 spiro atoms. The molecule has 12 heteroatoms. The zero-order valence-corrected chi connectivity index (χ0v) is 15.1. The summed E-state index contributed by atoms with van der Waals surface area (Å²) in [6.45, 7) is -0.245. The second-order valence-electron chi connectivity index (χ2n) is 6.17. The third-order valence-electron chi connectivity index (χ3n) is 3.98. The first kappa shape index (κ1) is 21.6. The molecule has 0 amide bonds. The Morgan fingerprint density at radius 3 is 2.27 bits per heavy atom. The molecule has 6 nitrogen and oxygen atoms in total. The molecule has 0 saturated carbocycles. The van der Waals surface area contributed by atoms with Gasteiger partial charge >= 0.3 is 12.5 Å². The fourth-order valence-electron chi connectivity index (χ4n) is 2.68. The van der Waals surface area contributed by atoms with E-state index in [9.17, 15) is 26.3 Å². The molecule has 0 aliphatic carbocycles. The molecule has 1 N–H and O–H groups in total. The predicted octanol–water partition coefficient (Wildman–Crippen LogP) is 3.84. The van der Waals surface area contributed by atoms with Crippen LogP contribution in [0.25, 0.3) is 11.4 Å². The van der Waals surface area contributed by atoms with Gasteiger partial charge in [0, 0.05) is 5.56 Å². The van der Waals surface area contributed by atoms with E-state index in [4.69, 9.17) is 5.11 Å². The van der Waals surface area contributed by atoms with Gasteiger partial charge in [-0.25, -0.2) is 0 Å². The van der Waals surface area contributed by atoms with Crippen LogP contribution in [0.1, 0.15) is 16.7 Å². The summed E-state index contributed by atoms with van der Waals surface area (Å²) in [5.74, 6) is -0.523. The lowest BCUT2D eigenvalue weighted by molar-refractivity contribution is -0.274. The molecule has 30 heavy (non-hydrogen) atoms. The highest BCUT2D eigenvalue weighted by Crippen LogP contribution is 2.32. The van der Waals surface area contributed by atoms with Gasteiger partial charge in [-0.3, -0.25) is 0 Å². The Hall–Kier alpha value is -3.15. The number of halogens is 6. The number of hydrogen-bond donors (Lipinski definition) is 1. The first-order chi connectivity index (χ1) is 14.0. The number of nitrogens with zero attached hydrogens (tertiary/aromatic N) is 4. The number of aromatic nitrogens is 4. The van der Waals surface area contributed by atoms with Crippen LogP contribution >= 0.6 is 0 Å². The van der Waals surface area contributed by atoms with Gasteiger partial charge in [-0.05, 0) is 47.0 Å². The summed E-state index contributed by atoms with van der Waals surface area (Å²) in [5, 5.41) is 20.4. The topological polar surface area (TPSA) is 73.1 Å². The van der Waals surface area contributed by atoms with Crippen LogP contribution < -0.4 is 4.74 Å². The molecule has 0 aliphatic rings. The molecule has 0 unspecified atom stereocenters. The van der Waals surface area contributed by atoms with E-state index in [1.54, 1.807) is 0 Å². The van der Waals surface area contributed by atoms with Crippen LogP contribution in [0.5, 0.6) is 5.75 Å². The van der Waals surface area contributed by atoms with Crippen LogP contribution in [0.4, 0.5) is 26.3 Å². The Kier molecular flexibility index (Phi) is 5.97. The fraction of sp³-hybridized carbons (Fsp3) is 0.278. The van der Waals surface area contributed by atoms with Crippen LogP contribution in [0.3, 0.4) is 0 Å². The van der Waals surface area contributed by atoms with Gasteiger partial charge in [0.1, 0.15) is 5.75 Å². The monoisotopic (exact) mass is 432 g/mol. The molecule has 2 aromatic carbocycles. The molecule has 0 aliphatic heterocycles. The molecular formula is C18H14F6N4O2. The first-order valence-electron chi connectivity index (χ1n) is 8.49. The van der Waals surface area contributed by atoms with Gasteiger partial charge in [-0.1, -0.05) is 18.2 Å². The summed E-state index contributed by atoms with van der Waals surface area (Å²) in [7, 11) is 0. The minimum absolute atomic E-state index is 0.0158. The molecule has 1 aromatic heterocycles. The van der Waals surface area contributed by atoms with E-state index < -0.39 is 23.9 Å². The van der Waals surface area contributed by atoms with Crippen molar-refractivity contribution in [2.75, 3.05) is 6.61 Å². The van der Waals surface area contributed by atoms with Crippen LogP contribution in [0.15, 0.2) is 42.5 Å². The molecule has 1 heterocycles. The lowest BCUT2D eigenvalue weighted by Gasteiger charge is -2.13. The number of aliphatic hydroxyl groups is 1. The highest BCUT2D eigenvalue weighted by atomic mass is 19.4. The van der Waals surface area contributed by atoms with E-state index >= 15 is 0 Å². The Morgan fingerprint density at radius 1 is 0.967 bits per heavy atom. The number of hydrogen-bond acceptors (Lipinski definition) is 5. The first-order valence-corrected chi connectivity index (χ1v) is 8.49. The zero-order valence-electron chi connectivity index (χ0n) is 15.1. The zero-order chi connectivity index (χ0) is 21.9. The van der Waals surface area contributed by atoms with E-state index in [1.807, 2.05) is 0 Å². The molecule has 3 aromatic rings. The molecule has 0 saturated heterocycles. The Bertz CT molecular complexity index is 999. The van der Waals surface area contributed by atoms with Gasteiger partial charge in [0.15, 0.2) is 0 Å². The Morgan fingerprint density at radius 2 is 1.67 bits per heavy atom. The largest absolute Gasteiger partial charge is 0.573 e. The number of aliphatic hydroxyl groups excluding tert-OH is 1. The maximum Gasteiger partial charge on any atom is 0.573 e. The average molecular weight is 432 g/mol. The van der Waals surface area contributed by atoms with E-state index in [0.717, 1.165) is 29.1 Å². The Labute approximate surface area is 165 Å². The standard InChI is InChI=1S/C18H14F6N4O2/c19-17(20,21)13-4-1-11(2-5-13)9-12-3-6-14(30-18(22,23)24)10-15(12)16-25-27-28(26-16)7-8-29/h1-6,10,29H,7-9H2. The highest BCUT2D eigenvalue weighted by molar-refractivity contribution is 5.63. The SMILES string of the molecule is OCCn1nnc(-c2cc(OC(F)(F)F)ccc2Cc2ccc(C(F)(F)F)cc2)n1. The van der Waals surface area contributed by atoms with E-state index in [1.165, 1.54) is 18.2 Å². The van der Waals surface area contributed by atoms with E-state index in [2.05, 4.69) is 20.1 Å². The summed E-state index contributed by atoms with van der Waals surface area (Å²) in [6, 6.07) is 7.92. The van der Waals surface area contributed by atoms with Gasteiger partial charge in [0.05, 0.1) is 18.7 Å². The number of benzene rings is 2. The molecular weight excluding hydrogens is 418 g/mol. The second-order valence-corrected chi connectivity index (χ2v) is 6.17. The lowest BCUT2D eigenvalue weighted by Crippen LogP contribution is -2.17. The number of rotatable bonds is 6. The molecule has 0 atom stereocenters. The summed E-state index contributed by atoms with van der Waals surface area (Å²) >= 11 is 0. The predicted molar refractivity (Wildman–Crippen MR) is 91.3 cm³/mol. The van der Waals surface area contributed by atoms with Crippen LogP contribution in [-0.4, -0.2) is 38.3 Å². The van der Waals surface area contributed by atoms with Crippen molar-refractivity contribution in [2.24, 2.45) is 0 Å². The van der Waals surface area contributed by atoms with E-state index in [0.29, 0.717) is 11.1 Å². The lowest BCUT2D eigenvalue weighted by atomic mass is 9.98. The van der Waals surface area contributed by atoms with Crippen molar-refractivity contribution in [2.45, 2.75) is 25.5 Å². The van der Waals surface area contributed by atoms with Crippen LogP contribution in [0, 0.1) is 0 Å². The summed E-state index contributed by atoms with van der Waals surface area (Å²) < 4.78 is 79.8. The highest BCUT2D eigenvalue weighted by Gasteiger charge is 2.32. The summed E-state index contributed by atoms with van der Waals surface area (Å²) in [5.41, 5.74) is 0.305. The van der Waals surface area contributed by atoms with Gasteiger partial charge < -0.3 is 9.84 Å². The summed E-state index contributed by atoms with van der Waals surface area (Å²) in [6.07, 6.45) is -9.28. The average Bonchev–Trinajstić information content (AvgIpc) is 3.10. The third kappa shape index (κ3) is 5.47. The van der Waals surface area contributed by atoms with Crippen molar-refractivity contribution in [3.63, 3.8) is 0 Å². The Balaban J connectivity index is 1.95. The molecule has 160 valence electrons. The van der Waals surface area contributed by atoms with Gasteiger partial charge in [0.25, 0.3) is 0 Å². The second kappa shape index (κ2) is 8.30. The fourth-order valence-corrected chi connectivity index (χ4v) is 2.68. The molecule has 3 rings (SSSR count). The maximum atomic E-state index is 12.7. The third-order valence-corrected chi connectivity index (χ3v) is 3.98. The van der Waals surface area contributed by atoms with Crippen molar-refractivity contribution in [1.82, 2.24) is 20.2 Å². The van der Waals surface area contributed by atoms with Crippen LogP contribution in [-0.2, 0) is 19.1 Å². The molecule has 0 fully saturated rings. The van der Waals surface area contributed by atoms with Crippen molar-refractivity contribution in [3.8, 4) is 17.1 Å². The quantitative estimate of drug-likeness (QED) is 0.600. The van der Waals surface area contributed by atoms with Crippen molar-refractivity contribution >= 4 is 0 Å².